The van der Waals surface area contributed by atoms with Gasteiger partial charge in [0, 0.05) is 6.54 Å². The van der Waals surface area contributed by atoms with Gasteiger partial charge in [-0.15, -0.1) is 0 Å². The lowest BCUT2D eigenvalue weighted by molar-refractivity contribution is -0.109. The van der Waals surface area contributed by atoms with Crippen LogP contribution in [-0.2, 0) is 17.6 Å². The maximum Gasteiger partial charge on any atom is 0.207 e. The van der Waals surface area contributed by atoms with E-state index in [1.54, 1.807) is 16.7 Å². The SMILES string of the molecule is C=C(C)c1cc2c(c(C)c1/C=C(\C)C1CC1)CCC2.CC(C)CNC=O. The van der Waals surface area contributed by atoms with E-state index in [2.05, 4.69) is 58.7 Å². The van der Waals surface area contributed by atoms with Crippen molar-refractivity contribution in [3.8, 4) is 0 Å². The number of hydrogen-bond donors (Lipinski definition) is 1. The molecule has 142 valence electrons. The molecule has 0 aliphatic heterocycles. The summed E-state index contributed by atoms with van der Waals surface area (Å²) in [7, 11) is 0. The first kappa shape index (κ1) is 20.5. The summed E-state index contributed by atoms with van der Waals surface area (Å²) in [6.45, 7) is 15.8. The fraction of sp³-hybridized carbons (Fsp3) is 0.542. The van der Waals surface area contributed by atoms with Gasteiger partial charge in [0.2, 0.25) is 6.41 Å². The van der Waals surface area contributed by atoms with Gasteiger partial charge >= 0.3 is 0 Å². The molecule has 1 aromatic rings. The number of carbonyl (C=O) groups excluding carboxylic acids is 1. The smallest absolute Gasteiger partial charge is 0.207 e. The molecule has 1 saturated carbocycles. The first-order valence-electron chi connectivity index (χ1n) is 10.0. The minimum absolute atomic E-state index is 0.560. The first-order chi connectivity index (χ1) is 12.3. The van der Waals surface area contributed by atoms with E-state index in [0.29, 0.717) is 5.92 Å². The minimum Gasteiger partial charge on any atom is -0.358 e. The number of amides is 1. The molecule has 0 aromatic heterocycles. The topological polar surface area (TPSA) is 29.1 Å². The molecule has 0 atom stereocenters. The molecule has 2 nitrogen and oxygen atoms in total. The van der Waals surface area contributed by atoms with E-state index < -0.39 is 0 Å². The standard InChI is InChI=1S/C19H24.C5H11NO/c1-12(2)18-11-16-6-5-7-17(16)14(4)19(18)10-13(3)15-8-9-15;1-5(2)3-6-4-7/h10-11,15H,1,5-9H2,2-4H3;4-5H,3H2,1-2H3,(H,6,7)/b13-10+;. The summed E-state index contributed by atoms with van der Waals surface area (Å²) in [5.41, 5.74) is 10.3. The number of nitrogens with one attached hydrogen (secondary N) is 1. The van der Waals surface area contributed by atoms with Gasteiger partial charge in [-0.2, -0.15) is 0 Å². The van der Waals surface area contributed by atoms with Gasteiger partial charge in [-0.25, -0.2) is 0 Å². The van der Waals surface area contributed by atoms with Crippen LogP contribution in [0.1, 0.15) is 74.8 Å². The van der Waals surface area contributed by atoms with Crippen molar-refractivity contribution >= 4 is 18.1 Å². The molecule has 1 fully saturated rings. The lowest BCUT2D eigenvalue weighted by atomic mass is 9.89. The third-order valence-electron chi connectivity index (χ3n) is 5.39. The normalized spacial score (nSPS) is 16.0. The highest BCUT2D eigenvalue weighted by Gasteiger charge is 2.24. The molecular formula is C24H35NO. The van der Waals surface area contributed by atoms with E-state index in [-0.39, 0.29) is 0 Å². The van der Waals surface area contributed by atoms with Crippen LogP contribution in [0.15, 0.2) is 18.2 Å². The minimum atomic E-state index is 0.560. The summed E-state index contributed by atoms with van der Waals surface area (Å²) >= 11 is 0. The van der Waals surface area contributed by atoms with E-state index in [1.807, 2.05) is 0 Å². The number of hydrogen-bond acceptors (Lipinski definition) is 1. The molecular weight excluding hydrogens is 318 g/mol. The van der Waals surface area contributed by atoms with Crippen LogP contribution in [0.4, 0.5) is 0 Å². The Bertz CT molecular complexity index is 693. The summed E-state index contributed by atoms with van der Waals surface area (Å²) < 4.78 is 0. The zero-order chi connectivity index (χ0) is 19.3. The number of fused-ring (bicyclic) bond motifs is 1. The average Bonchev–Trinajstić information content (AvgIpc) is 3.33. The van der Waals surface area contributed by atoms with Crippen LogP contribution in [0.3, 0.4) is 0 Å². The highest BCUT2D eigenvalue weighted by Crippen LogP contribution is 2.39. The summed E-state index contributed by atoms with van der Waals surface area (Å²) in [5, 5.41) is 2.57. The maximum atomic E-state index is 9.60. The number of benzene rings is 1. The van der Waals surface area contributed by atoms with Crippen molar-refractivity contribution in [2.45, 2.75) is 66.7 Å². The Labute approximate surface area is 159 Å². The Balaban J connectivity index is 0.000000298. The molecule has 0 heterocycles. The summed E-state index contributed by atoms with van der Waals surface area (Å²) in [5.74, 6) is 1.41. The number of rotatable bonds is 6. The number of carbonyl (C=O) groups is 1. The fourth-order valence-electron chi connectivity index (χ4n) is 3.68. The fourth-order valence-corrected chi connectivity index (χ4v) is 3.68. The summed E-state index contributed by atoms with van der Waals surface area (Å²) in [4.78, 5) is 9.60. The second-order valence-electron chi connectivity index (χ2n) is 8.32. The molecule has 2 heteroatoms. The van der Waals surface area contributed by atoms with Gasteiger partial charge in [-0.3, -0.25) is 4.79 Å². The summed E-state index contributed by atoms with van der Waals surface area (Å²) in [6, 6.07) is 2.41. The highest BCUT2D eigenvalue weighted by atomic mass is 16.1. The van der Waals surface area contributed by atoms with E-state index in [1.165, 1.54) is 54.4 Å². The molecule has 0 radical (unpaired) electrons. The zero-order valence-electron chi connectivity index (χ0n) is 17.2. The van der Waals surface area contributed by atoms with E-state index in [9.17, 15) is 4.79 Å². The Kier molecular flexibility index (Phi) is 7.25. The molecule has 3 rings (SSSR count). The third-order valence-corrected chi connectivity index (χ3v) is 5.39. The Morgan fingerprint density at radius 2 is 2.00 bits per heavy atom. The van der Waals surface area contributed by atoms with E-state index in [4.69, 9.17) is 0 Å². The molecule has 2 aliphatic rings. The van der Waals surface area contributed by atoms with E-state index >= 15 is 0 Å². The molecule has 0 spiro atoms. The van der Waals surface area contributed by atoms with Crippen LogP contribution in [0.25, 0.3) is 11.6 Å². The van der Waals surface area contributed by atoms with Crippen molar-refractivity contribution in [2.24, 2.45) is 11.8 Å². The molecule has 2 aliphatic carbocycles. The second-order valence-corrected chi connectivity index (χ2v) is 8.32. The van der Waals surface area contributed by atoms with Gasteiger partial charge in [0.05, 0.1) is 0 Å². The molecule has 26 heavy (non-hydrogen) atoms. The zero-order valence-corrected chi connectivity index (χ0v) is 17.2. The Hall–Kier alpha value is -1.83. The van der Waals surface area contributed by atoms with Gasteiger partial charge in [-0.1, -0.05) is 43.7 Å². The van der Waals surface area contributed by atoms with Gasteiger partial charge in [0.1, 0.15) is 0 Å². The number of aryl methyl sites for hydroxylation is 1. The molecule has 0 saturated heterocycles. The van der Waals surface area contributed by atoms with Crippen LogP contribution in [0.5, 0.6) is 0 Å². The van der Waals surface area contributed by atoms with Gasteiger partial charge < -0.3 is 5.32 Å². The van der Waals surface area contributed by atoms with Crippen LogP contribution in [-0.4, -0.2) is 13.0 Å². The molecule has 1 N–H and O–H groups in total. The van der Waals surface area contributed by atoms with Crippen molar-refractivity contribution < 1.29 is 4.79 Å². The van der Waals surface area contributed by atoms with Crippen LogP contribution < -0.4 is 5.32 Å². The molecule has 1 aromatic carbocycles. The molecule has 0 bridgehead atoms. The van der Waals surface area contributed by atoms with Crippen molar-refractivity contribution in [1.29, 1.82) is 0 Å². The van der Waals surface area contributed by atoms with Crippen molar-refractivity contribution in [2.75, 3.05) is 6.54 Å². The Morgan fingerprint density at radius 3 is 2.50 bits per heavy atom. The van der Waals surface area contributed by atoms with Gasteiger partial charge in [0.15, 0.2) is 0 Å². The maximum absolute atomic E-state index is 9.60. The van der Waals surface area contributed by atoms with Gasteiger partial charge in [0.25, 0.3) is 0 Å². The van der Waals surface area contributed by atoms with Crippen molar-refractivity contribution in [3.63, 3.8) is 0 Å². The quantitative estimate of drug-likeness (QED) is 0.651. The first-order valence-corrected chi connectivity index (χ1v) is 10.0. The predicted molar refractivity (Wildman–Crippen MR) is 113 cm³/mol. The second kappa shape index (κ2) is 9.21. The summed E-state index contributed by atoms with van der Waals surface area (Å²) in [6.07, 6.45) is 9.77. The monoisotopic (exact) mass is 353 g/mol. The average molecular weight is 354 g/mol. The van der Waals surface area contributed by atoms with Gasteiger partial charge in [-0.05, 0) is 92.5 Å². The van der Waals surface area contributed by atoms with Crippen LogP contribution in [0, 0.1) is 18.8 Å². The lowest BCUT2D eigenvalue weighted by Gasteiger charge is -2.15. The molecule has 0 unspecified atom stereocenters. The highest BCUT2D eigenvalue weighted by molar-refractivity contribution is 5.76. The number of allylic oxidation sites excluding steroid dienone is 2. The largest absolute Gasteiger partial charge is 0.358 e. The van der Waals surface area contributed by atoms with Crippen LogP contribution >= 0.6 is 0 Å². The Morgan fingerprint density at radius 1 is 1.31 bits per heavy atom. The third kappa shape index (κ3) is 5.33. The lowest BCUT2D eigenvalue weighted by Crippen LogP contribution is -2.16. The van der Waals surface area contributed by atoms with Crippen molar-refractivity contribution in [1.82, 2.24) is 5.32 Å². The molecule has 1 amide bonds. The predicted octanol–water partition coefficient (Wildman–Crippen LogP) is 5.72. The van der Waals surface area contributed by atoms with Crippen molar-refractivity contribution in [3.05, 3.63) is 46.0 Å². The van der Waals surface area contributed by atoms with E-state index in [0.717, 1.165) is 18.9 Å². The van der Waals surface area contributed by atoms with Crippen LogP contribution in [0.2, 0.25) is 0 Å².